The largest absolute Gasteiger partial charge is 0.661 e. The molecule has 0 aliphatic carbocycles. The summed E-state index contributed by atoms with van der Waals surface area (Å²) in [6, 6.07) is 14.3. The van der Waals surface area contributed by atoms with Gasteiger partial charge in [-0.25, -0.2) is 5.26 Å². The Morgan fingerprint density at radius 1 is 1.22 bits per heavy atom. The maximum Gasteiger partial charge on any atom is 0.403 e. The van der Waals surface area contributed by atoms with E-state index in [1.807, 2.05) is 0 Å². The number of alkyl halides is 3. The first-order chi connectivity index (χ1) is 12.3. The van der Waals surface area contributed by atoms with Crippen molar-refractivity contribution in [3.8, 4) is 17.3 Å². The van der Waals surface area contributed by atoms with E-state index >= 15 is 0 Å². The summed E-state index contributed by atoms with van der Waals surface area (Å²) in [7, 11) is 0. The standard InChI is InChI=1S/C13H6F3N2.C6H7NO.Ir/c14-13(15,16)11-6-9(8-17)5-10(7-11)12-3-1-2-4-18-12;1-5(8)6-3-2-4-7-6;/h1-4,6-7H;2-4H,1H3,(H,7,8);/q-1;;/p-1. The number of rotatable bonds is 2. The Labute approximate surface area is 167 Å². The molecule has 0 aliphatic rings. The molecule has 3 rings (SSSR count). The molecule has 0 aliphatic heterocycles. The topological polar surface area (TPSA) is 67.8 Å². The Kier molecular flexibility index (Phi) is 8.10. The number of pyridine rings is 1. The molecule has 0 amide bonds. The molecule has 2 aromatic heterocycles. The fourth-order valence-electron chi connectivity index (χ4n) is 1.96. The van der Waals surface area contributed by atoms with Crippen molar-refractivity contribution in [1.82, 2.24) is 9.97 Å². The van der Waals surface area contributed by atoms with Crippen molar-refractivity contribution in [3.63, 3.8) is 0 Å². The van der Waals surface area contributed by atoms with E-state index in [2.05, 4.69) is 16.0 Å². The van der Waals surface area contributed by atoms with Crippen LogP contribution in [0.1, 0.15) is 28.5 Å². The first-order valence-electron chi connectivity index (χ1n) is 7.36. The summed E-state index contributed by atoms with van der Waals surface area (Å²) < 4.78 is 38.0. The van der Waals surface area contributed by atoms with E-state index in [0.717, 1.165) is 12.1 Å². The number of hydrogen-bond acceptors (Lipinski definition) is 3. The molecule has 8 heteroatoms. The van der Waals surface area contributed by atoms with Gasteiger partial charge in [-0.1, -0.05) is 41.1 Å². The van der Waals surface area contributed by atoms with Gasteiger partial charge in [0.2, 0.25) is 0 Å². The van der Waals surface area contributed by atoms with E-state index in [1.54, 1.807) is 42.6 Å². The number of Topliss-reactive ketones (excluding diaryl/α,β-unsaturated/α-hetero) is 1. The molecule has 1 aromatic carbocycles. The third-order valence-electron chi connectivity index (χ3n) is 3.17. The van der Waals surface area contributed by atoms with Gasteiger partial charge in [-0.3, -0.25) is 9.78 Å². The molecule has 0 unspecified atom stereocenters. The smallest absolute Gasteiger partial charge is 0.403 e. The average molecular weight is 548 g/mol. The average Bonchev–Trinajstić information content (AvgIpc) is 3.17. The molecule has 0 saturated heterocycles. The fourth-order valence-corrected chi connectivity index (χ4v) is 1.96. The van der Waals surface area contributed by atoms with Crippen molar-refractivity contribution in [2.45, 2.75) is 13.1 Å². The summed E-state index contributed by atoms with van der Waals surface area (Å²) in [6.07, 6.45) is -1.42. The van der Waals surface area contributed by atoms with Crippen LogP contribution in [0.5, 0.6) is 0 Å². The van der Waals surface area contributed by atoms with Crippen LogP contribution in [0.3, 0.4) is 0 Å². The Balaban J connectivity index is 0.000000342. The first kappa shape index (κ1) is 22.3. The molecule has 0 saturated carbocycles. The number of benzene rings is 1. The van der Waals surface area contributed by atoms with Crippen LogP contribution in [0, 0.1) is 17.4 Å². The van der Waals surface area contributed by atoms with Gasteiger partial charge in [0.1, 0.15) is 5.78 Å². The second kappa shape index (κ2) is 9.81. The summed E-state index contributed by atoms with van der Waals surface area (Å²) in [4.78, 5) is 18.1. The molecule has 4 nitrogen and oxygen atoms in total. The number of carbonyl (C=O) groups excluding carboxylic acids is 1. The minimum absolute atomic E-state index is 0. The summed E-state index contributed by atoms with van der Waals surface area (Å²) in [5.74, 6) is 0.0231. The number of nitrogens with zero attached hydrogens (tertiary/aromatic N) is 3. The monoisotopic (exact) mass is 548 g/mol. The third kappa shape index (κ3) is 6.48. The molecule has 1 radical (unpaired) electrons. The van der Waals surface area contributed by atoms with E-state index in [1.165, 1.54) is 13.1 Å². The zero-order valence-electron chi connectivity index (χ0n) is 13.9. The van der Waals surface area contributed by atoms with E-state index in [4.69, 9.17) is 5.26 Å². The van der Waals surface area contributed by atoms with E-state index < -0.39 is 11.7 Å². The molecule has 0 bridgehead atoms. The summed E-state index contributed by atoms with van der Waals surface area (Å²) in [5, 5.41) is 8.73. The predicted molar refractivity (Wildman–Crippen MR) is 88.0 cm³/mol. The number of carbonyl (C=O) groups is 1. The minimum Gasteiger partial charge on any atom is -0.661 e. The summed E-state index contributed by atoms with van der Waals surface area (Å²) in [6.45, 7) is 1.50. The van der Waals surface area contributed by atoms with Crippen LogP contribution in [0.25, 0.3) is 11.3 Å². The third-order valence-corrected chi connectivity index (χ3v) is 3.17. The van der Waals surface area contributed by atoms with Gasteiger partial charge in [-0.05, 0) is 24.6 Å². The van der Waals surface area contributed by atoms with Crippen LogP contribution in [0.4, 0.5) is 13.2 Å². The molecular formula is C19H12F3IrN3O-2. The van der Waals surface area contributed by atoms with Gasteiger partial charge in [0.25, 0.3) is 0 Å². The zero-order valence-corrected chi connectivity index (χ0v) is 16.3. The normalized spacial score (nSPS) is 10.0. The SMILES string of the molecule is CC(=O)c1ccc[n-]1.N#Cc1[c-]c(-c2ccccn2)cc(C(F)(F)F)c1.[Ir]. The van der Waals surface area contributed by atoms with Crippen LogP contribution in [0.2, 0.25) is 0 Å². The van der Waals surface area contributed by atoms with Gasteiger partial charge in [0.15, 0.2) is 0 Å². The molecule has 3 aromatic rings. The second-order valence-corrected chi connectivity index (χ2v) is 5.10. The minimum atomic E-state index is -4.50. The molecule has 2 heterocycles. The molecule has 0 spiro atoms. The Hall–Kier alpha value is -2.75. The van der Waals surface area contributed by atoms with Crippen LogP contribution in [-0.2, 0) is 26.3 Å². The van der Waals surface area contributed by atoms with Crippen molar-refractivity contribution in [1.29, 1.82) is 5.26 Å². The number of aromatic nitrogens is 2. The molecule has 27 heavy (non-hydrogen) atoms. The molecule has 0 atom stereocenters. The van der Waals surface area contributed by atoms with Crippen LogP contribution in [0.15, 0.2) is 54.9 Å². The molecule has 0 N–H and O–H groups in total. The van der Waals surface area contributed by atoms with Crippen molar-refractivity contribution in [2.24, 2.45) is 0 Å². The van der Waals surface area contributed by atoms with Gasteiger partial charge in [0.05, 0.1) is 0 Å². The molecule has 141 valence electrons. The van der Waals surface area contributed by atoms with Crippen LogP contribution < -0.4 is 4.98 Å². The molecular weight excluding hydrogens is 535 g/mol. The Morgan fingerprint density at radius 3 is 2.41 bits per heavy atom. The van der Waals surface area contributed by atoms with Crippen molar-refractivity contribution >= 4 is 5.78 Å². The fraction of sp³-hybridized carbons (Fsp3) is 0.105. The Bertz CT molecular complexity index is 918. The number of ketones is 1. The summed E-state index contributed by atoms with van der Waals surface area (Å²) in [5.41, 5.74) is 0.0102. The van der Waals surface area contributed by atoms with Gasteiger partial charge < -0.3 is 4.98 Å². The second-order valence-electron chi connectivity index (χ2n) is 5.10. The predicted octanol–water partition coefficient (Wildman–Crippen LogP) is 4.28. The van der Waals surface area contributed by atoms with Crippen LogP contribution in [-0.4, -0.2) is 10.8 Å². The van der Waals surface area contributed by atoms with Gasteiger partial charge in [-0.2, -0.15) is 19.4 Å². The maximum absolute atomic E-state index is 12.7. The molecule has 0 fully saturated rings. The van der Waals surface area contributed by atoms with Crippen LogP contribution >= 0.6 is 0 Å². The van der Waals surface area contributed by atoms with E-state index in [-0.39, 0.29) is 37.0 Å². The first-order valence-corrected chi connectivity index (χ1v) is 7.36. The van der Waals surface area contributed by atoms with Gasteiger partial charge >= 0.3 is 6.18 Å². The zero-order chi connectivity index (χ0) is 19.2. The number of hydrogen-bond donors (Lipinski definition) is 0. The maximum atomic E-state index is 12.7. The van der Waals surface area contributed by atoms with Crippen molar-refractivity contribution < 1.29 is 38.1 Å². The number of halogens is 3. The van der Waals surface area contributed by atoms with Gasteiger partial charge in [-0.15, -0.1) is 18.2 Å². The van der Waals surface area contributed by atoms with Gasteiger partial charge in [0, 0.05) is 32.0 Å². The quantitative estimate of drug-likeness (QED) is 0.355. The number of nitriles is 1. The Morgan fingerprint density at radius 2 is 1.96 bits per heavy atom. The van der Waals surface area contributed by atoms with Crippen molar-refractivity contribution in [3.05, 3.63) is 77.7 Å². The van der Waals surface area contributed by atoms with E-state index in [0.29, 0.717) is 11.4 Å². The van der Waals surface area contributed by atoms with Crippen molar-refractivity contribution in [2.75, 3.05) is 0 Å². The van der Waals surface area contributed by atoms with E-state index in [9.17, 15) is 18.0 Å². The summed E-state index contributed by atoms with van der Waals surface area (Å²) >= 11 is 0.